The van der Waals surface area contributed by atoms with E-state index in [4.69, 9.17) is 0 Å². The summed E-state index contributed by atoms with van der Waals surface area (Å²) in [4.78, 5) is 56.1. The Bertz CT molecular complexity index is 1280. The van der Waals surface area contributed by atoms with E-state index in [9.17, 15) is 19.2 Å². The zero-order valence-electron chi connectivity index (χ0n) is 26.5. The van der Waals surface area contributed by atoms with Gasteiger partial charge in [-0.2, -0.15) is 8.78 Å². The molecule has 0 unspecified atom stereocenters. The number of piperazine rings is 1. The van der Waals surface area contributed by atoms with Gasteiger partial charge in [0.1, 0.15) is 17.9 Å². The molecule has 248 valence electrons. The van der Waals surface area contributed by atoms with Crippen LogP contribution in [-0.2, 0) is 19.2 Å². The highest BCUT2D eigenvalue weighted by molar-refractivity contribution is 5.98. The van der Waals surface area contributed by atoms with E-state index in [2.05, 4.69) is 20.9 Å². The fourth-order valence-corrected chi connectivity index (χ4v) is 7.42. The van der Waals surface area contributed by atoms with Gasteiger partial charge in [-0.1, -0.05) is 39.2 Å². The number of hydrogen-bond acceptors (Lipinski definition) is 5. The summed E-state index contributed by atoms with van der Waals surface area (Å²) in [5, 5.41) is 7.71. The molecule has 0 aromatic heterocycles. The van der Waals surface area contributed by atoms with Gasteiger partial charge in [-0.25, -0.2) is 4.39 Å². The first-order valence-corrected chi connectivity index (χ1v) is 16.4. The van der Waals surface area contributed by atoms with Gasteiger partial charge in [0.05, 0.1) is 5.69 Å². The van der Waals surface area contributed by atoms with Crippen molar-refractivity contribution in [2.45, 2.75) is 95.6 Å². The van der Waals surface area contributed by atoms with Crippen LogP contribution >= 0.6 is 0 Å². The Labute approximate surface area is 263 Å². The molecule has 4 saturated carbocycles. The SMILES string of the molecule is CCC(=O)N[C@@H](C(=O)N1CCN(C)CC1)[C@@H](C)c1ccc(NC(=O)[C@@H](NC(=O)C(F)(F)C23CC(C2)C3)C2CCCCC2)c(F)c1. The number of rotatable bonds is 11. The minimum absolute atomic E-state index is 0.156. The maximum atomic E-state index is 15.5. The second-order valence-corrected chi connectivity index (χ2v) is 13.7. The third-order valence-corrected chi connectivity index (χ3v) is 10.7. The van der Waals surface area contributed by atoms with Crippen molar-refractivity contribution in [1.82, 2.24) is 20.4 Å². The molecular weight excluding hydrogens is 587 g/mol. The monoisotopic (exact) mass is 633 g/mol. The molecule has 12 heteroatoms. The van der Waals surface area contributed by atoms with Crippen molar-refractivity contribution in [3.8, 4) is 0 Å². The normalized spacial score (nSPS) is 25.6. The number of likely N-dealkylation sites (N-methyl/N-ethyl adjacent to an activating group) is 1. The molecule has 6 rings (SSSR count). The van der Waals surface area contributed by atoms with Crippen LogP contribution in [0.2, 0.25) is 0 Å². The van der Waals surface area contributed by atoms with Crippen LogP contribution in [0.15, 0.2) is 18.2 Å². The lowest BCUT2D eigenvalue weighted by Gasteiger charge is -2.63. The van der Waals surface area contributed by atoms with Crippen LogP contribution < -0.4 is 16.0 Å². The highest BCUT2D eigenvalue weighted by Crippen LogP contribution is 2.70. The van der Waals surface area contributed by atoms with E-state index in [1.165, 1.54) is 12.1 Å². The van der Waals surface area contributed by atoms with Gasteiger partial charge in [-0.15, -0.1) is 0 Å². The number of anilines is 1. The number of halogens is 3. The molecule has 45 heavy (non-hydrogen) atoms. The lowest BCUT2D eigenvalue weighted by molar-refractivity contribution is -0.254. The fraction of sp³-hybridized carbons (Fsp3) is 0.697. The van der Waals surface area contributed by atoms with Crippen LogP contribution in [0.4, 0.5) is 18.9 Å². The van der Waals surface area contributed by atoms with E-state index in [-0.39, 0.29) is 35.8 Å². The zero-order chi connectivity index (χ0) is 32.5. The molecule has 4 amide bonds. The number of nitrogens with zero attached hydrogens (tertiary/aromatic N) is 2. The smallest absolute Gasteiger partial charge is 0.330 e. The first-order chi connectivity index (χ1) is 21.3. The van der Waals surface area contributed by atoms with Gasteiger partial charge in [0, 0.05) is 43.9 Å². The van der Waals surface area contributed by atoms with Crippen LogP contribution in [0.25, 0.3) is 0 Å². The molecule has 0 spiro atoms. The Morgan fingerprint density at radius 3 is 2.20 bits per heavy atom. The van der Waals surface area contributed by atoms with Gasteiger partial charge in [-0.05, 0) is 68.7 Å². The van der Waals surface area contributed by atoms with Crippen LogP contribution in [0, 0.1) is 23.1 Å². The van der Waals surface area contributed by atoms with E-state index < -0.39 is 47.0 Å². The van der Waals surface area contributed by atoms with Gasteiger partial charge in [-0.3, -0.25) is 19.2 Å². The van der Waals surface area contributed by atoms with Crippen molar-refractivity contribution in [1.29, 1.82) is 0 Å². The lowest BCUT2D eigenvalue weighted by atomic mass is 9.42. The number of alkyl halides is 2. The average molecular weight is 634 g/mol. The summed E-state index contributed by atoms with van der Waals surface area (Å²) in [5.41, 5.74) is -1.00. The van der Waals surface area contributed by atoms with E-state index >= 15 is 13.2 Å². The molecule has 9 nitrogen and oxygen atoms in total. The first-order valence-electron chi connectivity index (χ1n) is 16.4. The predicted octanol–water partition coefficient (Wildman–Crippen LogP) is 4.04. The summed E-state index contributed by atoms with van der Waals surface area (Å²) in [6.45, 7) is 5.88. The van der Waals surface area contributed by atoms with Crippen LogP contribution in [0.1, 0.15) is 83.1 Å². The van der Waals surface area contributed by atoms with Gasteiger partial charge in [0.15, 0.2) is 0 Å². The number of nitrogens with one attached hydrogen (secondary N) is 3. The van der Waals surface area contributed by atoms with E-state index in [0.29, 0.717) is 63.8 Å². The molecule has 1 aliphatic heterocycles. The van der Waals surface area contributed by atoms with Gasteiger partial charge < -0.3 is 25.8 Å². The van der Waals surface area contributed by atoms with Crippen molar-refractivity contribution in [3.63, 3.8) is 0 Å². The predicted molar refractivity (Wildman–Crippen MR) is 163 cm³/mol. The van der Waals surface area contributed by atoms with E-state index in [0.717, 1.165) is 19.3 Å². The lowest BCUT2D eigenvalue weighted by Crippen LogP contribution is -2.68. The number of carbonyl (C=O) groups excluding carboxylic acids is 4. The molecule has 3 atom stereocenters. The highest BCUT2D eigenvalue weighted by Gasteiger charge is 2.72. The molecule has 4 aliphatic carbocycles. The second kappa shape index (κ2) is 13.3. The van der Waals surface area contributed by atoms with E-state index in [1.54, 1.807) is 24.8 Å². The summed E-state index contributed by atoms with van der Waals surface area (Å²) < 4.78 is 45.9. The number of amides is 4. The van der Waals surface area contributed by atoms with Gasteiger partial charge in [0.25, 0.3) is 5.91 Å². The Morgan fingerprint density at radius 1 is 1.00 bits per heavy atom. The largest absolute Gasteiger partial charge is 0.344 e. The Kier molecular flexibility index (Phi) is 9.82. The molecule has 1 aromatic carbocycles. The summed E-state index contributed by atoms with van der Waals surface area (Å²) in [6, 6.07) is 2.04. The number of benzene rings is 1. The number of hydrogen-bond donors (Lipinski definition) is 3. The second-order valence-electron chi connectivity index (χ2n) is 13.7. The number of carbonyl (C=O) groups is 4. The molecular formula is C33H46F3N5O4. The van der Waals surface area contributed by atoms with Gasteiger partial charge in [0.2, 0.25) is 17.7 Å². The quantitative estimate of drug-likeness (QED) is 0.341. The summed E-state index contributed by atoms with van der Waals surface area (Å²) in [5.74, 6) is -7.69. The van der Waals surface area contributed by atoms with Crippen LogP contribution in [0.3, 0.4) is 0 Å². The first kappa shape index (κ1) is 33.2. The fourth-order valence-electron chi connectivity index (χ4n) is 7.42. The van der Waals surface area contributed by atoms with Crippen molar-refractivity contribution < 1.29 is 32.3 Å². The topological polar surface area (TPSA) is 111 Å². The Balaban J connectivity index is 1.30. The molecule has 1 saturated heterocycles. The molecule has 3 N–H and O–H groups in total. The van der Waals surface area contributed by atoms with Crippen molar-refractivity contribution in [2.24, 2.45) is 17.3 Å². The van der Waals surface area contributed by atoms with Crippen molar-refractivity contribution >= 4 is 29.3 Å². The van der Waals surface area contributed by atoms with Crippen LogP contribution in [-0.4, -0.2) is 84.7 Å². The average Bonchev–Trinajstić information content (AvgIpc) is 2.97. The molecule has 5 aliphatic rings. The molecule has 5 fully saturated rings. The van der Waals surface area contributed by atoms with Crippen molar-refractivity contribution in [2.75, 3.05) is 38.5 Å². The molecule has 2 bridgehead atoms. The summed E-state index contributed by atoms with van der Waals surface area (Å²) >= 11 is 0. The minimum Gasteiger partial charge on any atom is -0.344 e. The molecule has 0 radical (unpaired) electrons. The third-order valence-electron chi connectivity index (χ3n) is 10.7. The minimum atomic E-state index is -3.57. The standard InChI is InChI=1S/C33H46F3N5O4/c1-4-26(42)38-27(30(44)41-14-12-40(3)13-15-41)20(2)23-10-11-25(24(34)16-23)37-29(43)28(22-8-6-5-7-9-22)39-31(45)33(35,36)32-17-21(18-32)19-32/h10-11,16,20-22,27-28H,4-9,12-15,17-19H2,1-3H3,(H,37,43)(H,38,42)(H,39,45)/t20-,21?,27+,28-,32?/m0/s1. The third kappa shape index (κ3) is 6.71. The Hall–Kier alpha value is -3.15. The van der Waals surface area contributed by atoms with Crippen molar-refractivity contribution in [3.05, 3.63) is 29.6 Å². The molecule has 1 heterocycles. The Morgan fingerprint density at radius 2 is 1.64 bits per heavy atom. The summed E-state index contributed by atoms with van der Waals surface area (Å²) in [6.07, 6.45) is 4.96. The zero-order valence-corrected chi connectivity index (χ0v) is 26.5. The maximum Gasteiger partial charge on any atom is 0.330 e. The van der Waals surface area contributed by atoms with E-state index in [1.807, 2.05) is 7.05 Å². The highest BCUT2D eigenvalue weighted by atomic mass is 19.3. The maximum absolute atomic E-state index is 15.5. The molecule has 1 aromatic rings. The van der Waals surface area contributed by atoms with Crippen LogP contribution in [0.5, 0.6) is 0 Å². The summed E-state index contributed by atoms with van der Waals surface area (Å²) in [7, 11) is 1.97. The van der Waals surface area contributed by atoms with Gasteiger partial charge >= 0.3 is 5.92 Å².